The van der Waals surface area contributed by atoms with Crippen molar-refractivity contribution in [1.29, 1.82) is 0 Å². The number of halogens is 4. The van der Waals surface area contributed by atoms with Crippen LogP contribution in [0.5, 0.6) is 11.6 Å². The van der Waals surface area contributed by atoms with Gasteiger partial charge in [-0.3, -0.25) is 4.79 Å². The molecule has 2 aromatic rings. The molecule has 11 heteroatoms. The Balaban J connectivity index is 1.89. The van der Waals surface area contributed by atoms with E-state index in [1.54, 1.807) is 13.8 Å². The molecule has 7 nitrogen and oxygen atoms in total. The number of amides is 1. The van der Waals surface area contributed by atoms with E-state index >= 15 is 0 Å². The van der Waals surface area contributed by atoms with Gasteiger partial charge < -0.3 is 20.5 Å². The fourth-order valence-electron chi connectivity index (χ4n) is 3.48. The Bertz CT molecular complexity index is 983. The number of primary amides is 1. The van der Waals surface area contributed by atoms with Crippen LogP contribution in [0.15, 0.2) is 30.3 Å². The first kappa shape index (κ1) is 22.7. The standard InChI is InChI=1S/C20H22F4N4O3/c1-18(2,16(25)29)10-19(30)6-7-28(11-19)17-26-14(20(22,23)24)9-15(27-17)31-13-5-3-4-12(21)8-13/h3-5,8-9,30H,6-7,10-11H2,1-2H3,(H2,25,29). The van der Waals surface area contributed by atoms with E-state index in [1.807, 2.05) is 0 Å². The number of nitrogens with two attached hydrogens (primary N) is 1. The number of hydrogen-bond donors (Lipinski definition) is 2. The molecular formula is C20H22F4N4O3. The van der Waals surface area contributed by atoms with Gasteiger partial charge >= 0.3 is 6.18 Å². The summed E-state index contributed by atoms with van der Waals surface area (Å²) in [4.78, 5) is 20.6. The third-order valence-electron chi connectivity index (χ3n) is 5.05. The zero-order valence-electron chi connectivity index (χ0n) is 16.9. The van der Waals surface area contributed by atoms with Crippen LogP contribution >= 0.6 is 0 Å². The molecule has 1 amide bonds. The number of aromatic nitrogens is 2. The van der Waals surface area contributed by atoms with E-state index in [4.69, 9.17) is 10.5 Å². The van der Waals surface area contributed by atoms with Gasteiger partial charge in [-0.1, -0.05) is 19.9 Å². The molecule has 1 fully saturated rings. The quantitative estimate of drug-likeness (QED) is 0.666. The number of anilines is 1. The van der Waals surface area contributed by atoms with E-state index in [0.29, 0.717) is 6.07 Å². The molecule has 1 aromatic carbocycles. The van der Waals surface area contributed by atoms with Crippen molar-refractivity contribution in [1.82, 2.24) is 9.97 Å². The third-order valence-corrected chi connectivity index (χ3v) is 5.05. The predicted molar refractivity (Wildman–Crippen MR) is 103 cm³/mol. The molecule has 2 heterocycles. The summed E-state index contributed by atoms with van der Waals surface area (Å²) in [5.74, 6) is -1.96. The monoisotopic (exact) mass is 442 g/mol. The van der Waals surface area contributed by atoms with Crippen molar-refractivity contribution in [3.63, 3.8) is 0 Å². The van der Waals surface area contributed by atoms with Gasteiger partial charge in [0.05, 0.1) is 5.60 Å². The van der Waals surface area contributed by atoms with E-state index in [1.165, 1.54) is 17.0 Å². The number of rotatable bonds is 6. The van der Waals surface area contributed by atoms with Gasteiger partial charge in [-0.25, -0.2) is 9.37 Å². The van der Waals surface area contributed by atoms with Crippen molar-refractivity contribution in [2.75, 3.05) is 18.0 Å². The van der Waals surface area contributed by atoms with Gasteiger partial charge in [0.25, 0.3) is 0 Å². The fourth-order valence-corrected chi connectivity index (χ4v) is 3.48. The molecule has 3 N–H and O–H groups in total. The van der Waals surface area contributed by atoms with Gasteiger partial charge in [-0.05, 0) is 25.0 Å². The molecule has 3 rings (SSSR count). The zero-order valence-corrected chi connectivity index (χ0v) is 16.9. The number of ether oxygens (including phenoxy) is 1. The fraction of sp³-hybridized carbons (Fsp3) is 0.450. The molecule has 1 unspecified atom stereocenters. The van der Waals surface area contributed by atoms with Crippen LogP contribution in [0.1, 0.15) is 32.4 Å². The molecule has 0 saturated carbocycles. The summed E-state index contributed by atoms with van der Waals surface area (Å²) < 4.78 is 58.8. The van der Waals surface area contributed by atoms with Crippen LogP contribution in [0.2, 0.25) is 0 Å². The summed E-state index contributed by atoms with van der Waals surface area (Å²) in [6, 6.07) is 5.51. The number of hydrogen-bond acceptors (Lipinski definition) is 6. The average Bonchev–Trinajstić information content (AvgIpc) is 3.01. The predicted octanol–water partition coefficient (Wildman–Crippen LogP) is 3.27. The summed E-state index contributed by atoms with van der Waals surface area (Å²) in [5, 5.41) is 10.9. The van der Waals surface area contributed by atoms with Crippen molar-refractivity contribution in [2.24, 2.45) is 11.1 Å². The zero-order chi connectivity index (χ0) is 23.0. The van der Waals surface area contributed by atoms with Crippen LogP contribution in [0.3, 0.4) is 0 Å². The minimum absolute atomic E-state index is 0.0252. The second-order valence-corrected chi connectivity index (χ2v) is 8.27. The van der Waals surface area contributed by atoms with Crippen LogP contribution in [0, 0.1) is 11.2 Å². The van der Waals surface area contributed by atoms with Crippen molar-refractivity contribution >= 4 is 11.9 Å². The van der Waals surface area contributed by atoms with Gasteiger partial charge in [0.1, 0.15) is 11.6 Å². The van der Waals surface area contributed by atoms with Gasteiger partial charge in [-0.2, -0.15) is 18.2 Å². The first-order valence-corrected chi connectivity index (χ1v) is 9.44. The molecule has 1 aliphatic heterocycles. The van der Waals surface area contributed by atoms with Crippen molar-refractivity contribution < 1.29 is 32.2 Å². The number of β-amino-alcohol motifs (C(OH)–C–C–N with tert-alkyl or cyclic N) is 1. The van der Waals surface area contributed by atoms with Crippen molar-refractivity contribution in [2.45, 2.75) is 38.5 Å². The van der Waals surface area contributed by atoms with E-state index in [-0.39, 0.29) is 37.6 Å². The van der Waals surface area contributed by atoms with E-state index in [9.17, 15) is 27.5 Å². The molecule has 1 atom stereocenters. The number of aliphatic hydroxyl groups is 1. The summed E-state index contributed by atoms with van der Waals surface area (Å²) in [7, 11) is 0. The molecule has 0 bridgehead atoms. The van der Waals surface area contributed by atoms with Crippen LogP contribution in [0.4, 0.5) is 23.5 Å². The molecule has 0 radical (unpaired) electrons. The number of nitrogens with zero attached hydrogens (tertiary/aromatic N) is 3. The highest BCUT2D eigenvalue weighted by Crippen LogP contribution is 2.37. The number of alkyl halides is 3. The highest BCUT2D eigenvalue weighted by Gasteiger charge is 2.44. The van der Waals surface area contributed by atoms with E-state index in [0.717, 1.165) is 12.1 Å². The Morgan fingerprint density at radius 3 is 2.61 bits per heavy atom. The molecular weight excluding hydrogens is 420 g/mol. The Labute approximate surface area is 175 Å². The van der Waals surface area contributed by atoms with Gasteiger partial charge in [0, 0.05) is 30.6 Å². The first-order chi connectivity index (χ1) is 14.3. The summed E-state index contributed by atoms with van der Waals surface area (Å²) in [6.45, 7) is 3.24. The smallest absolute Gasteiger partial charge is 0.433 e. The lowest BCUT2D eigenvalue weighted by atomic mass is 9.79. The highest BCUT2D eigenvalue weighted by molar-refractivity contribution is 5.80. The SMILES string of the molecule is CC(C)(CC1(O)CCN(c2nc(Oc3cccc(F)c3)cc(C(F)(F)F)n2)C1)C(N)=O. The molecule has 168 valence electrons. The van der Waals surface area contributed by atoms with Gasteiger partial charge in [-0.15, -0.1) is 0 Å². The molecule has 0 spiro atoms. The normalized spacial score (nSPS) is 19.5. The third kappa shape index (κ3) is 5.40. The summed E-state index contributed by atoms with van der Waals surface area (Å²) in [6.07, 6.45) is -4.57. The highest BCUT2D eigenvalue weighted by atomic mass is 19.4. The summed E-state index contributed by atoms with van der Waals surface area (Å²) >= 11 is 0. The van der Waals surface area contributed by atoms with E-state index in [2.05, 4.69) is 9.97 Å². The van der Waals surface area contributed by atoms with Crippen molar-refractivity contribution in [3.8, 4) is 11.6 Å². The van der Waals surface area contributed by atoms with Gasteiger partial charge in [0.15, 0.2) is 5.69 Å². The van der Waals surface area contributed by atoms with Gasteiger partial charge in [0.2, 0.25) is 17.7 Å². The minimum Gasteiger partial charge on any atom is -0.439 e. The van der Waals surface area contributed by atoms with Crippen molar-refractivity contribution in [3.05, 3.63) is 41.8 Å². The largest absolute Gasteiger partial charge is 0.439 e. The maximum Gasteiger partial charge on any atom is 0.433 e. The first-order valence-electron chi connectivity index (χ1n) is 9.44. The van der Waals surface area contributed by atoms with Crippen LogP contribution < -0.4 is 15.4 Å². The second-order valence-electron chi connectivity index (χ2n) is 8.27. The maximum absolute atomic E-state index is 13.4. The average molecular weight is 442 g/mol. The number of carbonyl (C=O) groups excluding carboxylic acids is 1. The van der Waals surface area contributed by atoms with E-state index < -0.39 is 40.5 Å². The Morgan fingerprint density at radius 2 is 2.00 bits per heavy atom. The molecule has 0 aliphatic carbocycles. The Morgan fingerprint density at radius 1 is 1.29 bits per heavy atom. The molecule has 1 aliphatic rings. The Hall–Kier alpha value is -2.95. The lowest BCUT2D eigenvalue weighted by Gasteiger charge is -2.31. The second kappa shape index (κ2) is 7.95. The molecule has 31 heavy (non-hydrogen) atoms. The topological polar surface area (TPSA) is 102 Å². The molecule has 1 aromatic heterocycles. The molecule has 1 saturated heterocycles. The van der Waals surface area contributed by atoms with Crippen LogP contribution in [-0.2, 0) is 11.0 Å². The number of benzene rings is 1. The lowest BCUT2D eigenvalue weighted by Crippen LogP contribution is -2.43. The number of carbonyl (C=O) groups is 1. The van der Waals surface area contributed by atoms with Crippen LogP contribution in [0.25, 0.3) is 0 Å². The Kier molecular flexibility index (Phi) is 5.83. The minimum atomic E-state index is -4.78. The lowest BCUT2D eigenvalue weighted by molar-refractivity contribution is -0.141. The maximum atomic E-state index is 13.4. The summed E-state index contributed by atoms with van der Waals surface area (Å²) in [5.41, 5.74) is 1.76. The van der Waals surface area contributed by atoms with Crippen LogP contribution in [-0.4, -0.2) is 39.7 Å².